The zero-order valence-corrected chi connectivity index (χ0v) is 5.55. The monoisotopic (exact) mass is 130 g/mol. The summed E-state index contributed by atoms with van der Waals surface area (Å²) in [6, 6.07) is 0. The van der Waals surface area contributed by atoms with Crippen LogP contribution in [0.5, 0.6) is 0 Å². The van der Waals surface area contributed by atoms with E-state index in [1.54, 1.807) is 7.05 Å². The zero-order chi connectivity index (χ0) is 7.11. The molecule has 0 fully saturated rings. The summed E-state index contributed by atoms with van der Waals surface area (Å²) in [5.41, 5.74) is 0. The molecule has 0 unspecified atom stereocenters. The smallest absolute Gasteiger partial charge is 0.225 e. The van der Waals surface area contributed by atoms with Crippen LogP contribution in [0.1, 0.15) is 6.42 Å². The van der Waals surface area contributed by atoms with Gasteiger partial charge in [-0.2, -0.15) is 0 Å². The number of carbonyl (C=O) groups excluding carboxylic acids is 1. The van der Waals surface area contributed by atoms with Crippen molar-refractivity contribution in [2.45, 2.75) is 6.42 Å². The van der Waals surface area contributed by atoms with Crippen molar-refractivity contribution in [1.29, 1.82) is 0 Å². The van der Waals surface area contributed by atoms with Gasteiger partial charge < -0.3 is 10.2 Å². The fourth-order valence-electron chi connectivity index (χ4n) is 0.297. The van der Waals surface area contributed by atoms with E-state index < -0.39 is 0 Å². The Kier molecular flexibility index (Phi) is 4.49. The maximum absolute atomic E-state index is 10.4. The summed E-state index contributed by atoms with van der Waals surface area (Å²) in [5, 5.41) is 5.81. The summed E-state index contributed by atoms with van der Waals surface area (Å²) in [4.78, 5) is 14.8. The molecule has 0 saturated heterocycles. The molecule has 0 saturated carbocycles. The van der Waals surface area contributed by atoms with Gasteiger partial charge in [0.1, 0.15) is 7.11 Å². The number of oxime groups is 1. The largest absolute Gasteiger partial charge is 0.399 e. The van der Waals surface area contributed by atoms with Crippen LogP contribution in [0, 0.1) is 0 Å². The lowest BCUT2D eigenvalue weighted by Crippen LogP contribution is -2.17. The van der Waals surface area contributed by atoms with Gasteiger partial charge in [0.2, 0.25) is 5.91 Å². The molecule has 0 rings (SSSR count). The number of rotatable bonds is 3. The molecule has 0 aromatic carbocycles. The normalized spacial score (nSPS) is 9.56. The summed E-state index contributed by atoms with van der Waals surface area (Å²) < 4.78 is 0. The molecule has 52 valence electrons. The number of hydrogen-bond acceptors (Lipinski definition) is 3. The second-order valence-corrected chi connectivity index (χ2v) is 1.35. The number of nitrogens with zero attached hydrogens (tertiary/aromatic N) is 1. The van der Waals surface area contributed by atoms with Crippen molar-refractivity contribution in [3.05, 3.63) is 0 Å². The van der Waals surface area contributed by atoms with Gasteiger partial charge in [0, 0.05) is 7.05 Å². The molecule has 0 aromatic rings. The molecule has 0 heterocycles. The van der Waals surface area contributed by atoms with Crippen molar-refractivity contribution in [1.82, 2.24) is 5.32 Å². The lowest BCUT2D eigenvalue weighted by atomic mass is 10.4. The third-order valence-corrected chi connectivity index (χ3v) is 0.735. The van der Waals surface area contributed by atoms with Gasteiger partial charge in [-0.3, -0.25) is 4.79 Å². The van der Waals surface area contributed by atoms with Crippen LogP contribution in [0.4, 0.5) is 0 Å². The first kappa shape index (κ1) is 7.94. The molecule has 4 nitrogen and oxygen atoms in total. The highest BCUT2D eigenvalue weighted by atomic mass is 16.6. The minimum absolute atomic E-state index is 0.0733. The Balaban J connectivity index is 3.26. The van der Waals surface area contributed by atoms with E-state index >= 15 is 0 Å². The topological polar surface area (TPSA) is 50.7 Å². The SMILES string of the molecule is CNC(=O)CC=NOC. The number of amides is 1. The van der Waals surface area contributed by atoms with Crippen LogP contribution in [-0.4, -0.2) is 26.3 Å². The van der Waals surface area contributed by atoms with Crippen LogP contribution < -0.4 is 5.32 Å². The summed E-state index contributed by atoms with van der Waals surface area (Å²) in [5.74, 6) is -0.0733. The molecule has 0 aromatic heterocycles. The van der Waals surface area contributed by atoms with E-state index in [1.165, 1.54) is 13.3 Å². The first-order valence-corrected chi connectivity index (χ1v) is 2.56. The lowest BCUT2D eigenvalue weighted by Gasteiger charge is -1.90. The molecular formula is C5H10N2O2. The standard InChI is InChI=1S/C5H10N2O2/c1-6-5(8)3-4-7-9-2/h4H,3H2,1-2H3,(H,6,8). The predicted octanol–water partition coefficient (Wildman–Crippen LogP) is -0.245. The zero-order valence-electron chi connectivity index (χ0n) is 5.55. The Hall–Kier alpha value is -1.06. The highest BCUT2D eigenvalue weighted by Gasteiger charge is 1.90. The van der Waals surface area contributed by atoms with E-state index in [0.29, 0.717) is 0 Å². The highest BCUT2D eigenvalue weighted by Crippen LogP contribution is 1.73. The van der Waals surface area contributed by atoms with Crippen LogP contribution >= 0.6 is 0 Å². The fourth-order valence-corrected chi connectivity index (χ4v) is 0.297. The number of carbonyl (C=O) groups is 1. The van der Waals surface area contributed by atoms with Gasteiger partial charge in [-0.25, -0.2) is 0 Å². The number of nitrogens with one attached hydrogen (secondary N) is 1. The average molecular weight is 130 g/mol. The molecule has 0 aliphatic heterocycles. The molecular weight excluding hydrogens is 120 g/mol. The summed E-state index contributed by atoms with van der Waals surface area (Å²) in [7, 11) is 3.00. The molecule has 1 amide bonds. The van der Waals surface area contributed by atoms with Crippen molar-refractivity contribution in [2.24, 2.45) is 5.16 Å². The summed E-state index contributed by atoms with van der Waals surface area (Å²) in [6.45, 7) is 0. The molecule has 0 radical (unpaired) electrons. The van der Waals surface area contributed by atoms with Crippen molar-refractivity contribution >= 4 is 12.1 Å². The van der Waals surface area contributed by atoms with Crippen LogP contribution in [0.2, 0.25) is 0 Å². The quantitative estimate of drug-likeness (QED) is 0.423. The van der Waals surface area contributed by atoms with E-state index in [4.69, 9.17) is 0 Å². The van der Waals surface area contributed by atoms with Crippen LogP contribution in [-0.2, 0) is 9.63 Å². The van der Waals surface area contributed by atoms with Gasteiger partial charge >= 0.3 is 0 Å². The van der Waals surface area contributed by atoms with Crippen LogP contribution in [0.25, 0.3) is 0 Å². The van der Waals surface area contributed by atoms with E-state index in [0.717, 1.165) is 0 Å². The maximum atomic E-state index is 10.4. The highest BCUT2D eigenvalue weighted by molar-refractivity contribution is 5.89. The maximum Gasteiger partial charge on any atom is 0.225 e. The van der Waals surface area contributed by atoms with Crippen molar-refractivity contribution in [3.8, 4) is 0 Å². The minimum atomic E-state index is -0.0733. The van der Waals surface area contributed by atoms with E-state index in [2.05, 4.69) is 15.3 Å². The van der Waals surface area contributed by atoms with E-state index in [9.17, 15) is 4.79 Å². The van der Waals surface area contributed by atoms with Gasteiger partial charge in [-0.15, -0.1) is 0 Å². The second-order valence-electron chi connectivity index (χ2n) is 1.35. The Labute approximate surface area is 53.9 Å². The molecule has 1 N–H and O–H groups in total. The Morgan fingerprint density at radius 1 is 1.89 bits per heavy atom. The van der Waals surface area contributed by atoms with Gasteiger partial charge in [-0.05, 0) is 0 Å². The van der Waals surface area contributed by atoms with Crippen molar-refractivity contribution < 1.29 is 9.63 Å². The Bertz CT molecular complexity index is 112. The number of hydrogen-bond donors (Lipinski definition) is 1. The molecule has 0 spiro atoms. The van der Waals surface area contributed by atoms with Gasteiger partial charge in [-0.1, -0.05) is 5.16 Å². The van der Waals surface area contributed by atoms with Crippen molar-refractivity contribution in [3.63, 3.8) is 0 Å². The third-order valence-electron chi connectivity index (χ3n) is 0.735. The lowest BCUT2D eigenvalue weighted by molar-refractivity contribution is -0.119. The first-order chi connectivity index (χ1) is 4.31. The Morgan fingerprint density at radius 2 is 2.56 bits per heavy atom. The van der Waals surface area contributed by atoms with Crippen LogP contribution in [0.3, 0.4) is 0 Å². The second kappa shape index (κ2) is 5.08. The molecule has 9 heavy (non-hydrogen) atoms. The van der Waals surface area contributed by atoms with Crippen molar-refractivity contribution in [2.75, 3.05) is 14.2 Å². The summed E-state index contributed by atoms with van der Waals surface area (Å²) in [6.07, 6.45) is 1.67. The molecule has 0 aliphatic carbocycles. The molecule has 0 atom stereocenters. The van der Waals surface area contributed by atoms with Gasteiger partial charge in [0.15, 0.2) is 0 Å². The summed E-state index contributed by atoms with van der Waals surface area (Å²) >= 11 is 0. The predicted molar refractivity (Wildman–Crippen MR) is 34.2 cm³/mol. The first-order valence-electron chi connectivity index (χ1n) is 2.56. The van der Waals surface area contributed by atoms with Crippen LogP contribution in [0.15, 0.2) is 5.16 Å². The minimum Gasteiger partial charge on any atom is -0.399 e. The molecule has 0 aliphatic rings. The molecule has 0 bridgehead atoms. The van der Waals surface area contributed by atoms with E-state index in [-0.39, 0.29) is 12.3 Å². The van der Waals surface area contributed by atoms with Gasteiger partial charge in [0.25, 0.3) is 0 Å². The van der Waals surface area contributed by atoms with E-state index in [1.807, 2.05) is 0 Å². The molecule has 4 heteroatoms. The fraction of sp³-hybridized carbons (Fsp3) is 0.600. The Morgan fingerprint density at radius 3 is 3.00 bits per heavy atom. The van der Waals surface area contributed by atoms with Gasteiger partial charge in [0.05, 0.1) is 12.6 Å². The average Bonchev–Trinajstić information content (AvgIpc) is 1.89. The third kappa shape index (κ3) is 4.80.